The number of fused-ring (bicyclic) bond motifs is 1. The van der Waals surface area contributed by atoms with Gasteiger partial charge in [-0.05, 0) is 42.6 Å². The quantitative estimate of drug-likeness (QED) is 0.732. The van der Waals surface area contributed by atoms with Crippen LogP contribution >= 0.6 is 0 Å². The summed E-state index contributed by atoms with van der Waals surface area (Å²) in [7, 11) is 2.24. The second kappa shape index (κ2) is 5.58. The Morgan fingerprint density at radius 3 is 2.79 bits per heavy atom. The van der Waals surface area contributed by atoms with E-state index in [1.54, 1.807) is 0 Å². The molecule has 1 aliphatic rings. The summed E-state index contributed by atoms with van der Waals surface area (Å²) in [6, 6.07) is 15.9. The molecule has 1 aliphatic carbocycles. The minimum Gasteiger partial charge on any atom is -0.296 e. The zero-order chi connectivity index (χ0) is 13.1. The molecule has 1 unspecified atom stereocenters. The van der Waals surface area contributed by atoms with Crippen LogP contribution in [0.15, 0.2) is 54.6 Å². The maximum absolute atomic E-state index is 2.47. The first-order valence-electron chi connectivity index (χ1n) is 7.18. The summed E-state index contributed by atoms with van der Waals surface area (Å²) < 4.78 is 0. The van der Waals surface area contributed by atoms with E-state index < -0.39 is 0 Å². The summed E-state index contributed by atoms with van der Waals surface area (Å²) in [5.74, 6) is 0. The first-order chi connectivity index (χ1) is 9.34. The van der Waals surface area contributed by atoms with Crippen molar-refractivity contribution < 1.29 is 0 Å². The Kier molecular flexibility index (Phi) is 3.65. The monoisotopic (exact) mass is 251 g/mol. The molecule has 0 saturated heterocycles. The molecule has 0 bridgehead atoms. The van der Waals surface area contributed by atoms with Gasteiger partial charge in [0, 0.05) is 12.6 Å². The summed E-state index contributed by atoms with van der Waals surface area (Å²) in [4.78, 5) is 2.47. The zero-order valence-electron chi connectivity index (χ0n) is 11.5. The number of likely N-dealkylation sites (N-methyl/N-ethyl adjacent to an activating group) is 1. The van der Waals surface area contributed by atoms with Crippen molar-refractivity contribution in [2.75, 3.05) is 7.05 Å². The molecule has 1 nitrogen and oxygen atoms in total. The van der Waals surface area contributed by atoms with Gasteiger partial charge in [-0.25, -0.2) is 0 Å². The van der Waals surface area contributed by atoms with Gasteiger partial charge in [-0.15, -0.1) is 0 Å². The molecule has 0 amide bonds. The lowest BCUT2D eigenvalue weighted by molar-refractivity contribution is 0.255. The van der Waals surface area contributed by atoms with Crippen LogP contribution in [0.2, 0.25) is 0 Å². The zero-order valence-corrected chi connectivity index (χ0v) is 11.5. The van der Waals surface area contributed by atoms with Crippen molar-refractivity contribution in [1.29, 1.82) is 0 Å². The number of benzene rings is 2. The summed E-state index contributed by atoms with van der Waals surface area (Å²) >= 11 is 0. The Labute approximate surface area is 115 Å². The molecule has 98 valence electrons. The van der Waals surface area contributed by atoms with Crippen molar-refractivity contribution in [1.82, 2.24) is 4.90 Å². The van der Waals surface area contributed by atoms with Gasteiger partial charge in [-0.1, -0.05) is 54.6 Å². The molecule has 19 heavy (non-hydrogen) atoms. The van der Waals surface area contributed by atoms with Gasteiger partial charge in [0.15, 0.2) is 0 Å². The van der Waals surface area contributed by atoms with Crippen molar-refractivity contribution in [3.05, 3.63) is 60.2 Å². The van der Waals surface area contributed by atoms with Crippen molar-refractivity contribution in [3.8, 4) is 0 Å². The van der Waals surface area contributed by atoms with Gasteiger partial charge in [-0.3, -0.25) is 4.90 Å². The van der Waals surface area contributed by atoms with E-state index in [1.807, 2.05) is 0 Å². The third kappa shape index (κ3) is 2.71. The average Bonchev–Trinajstić information content (AvgIpc) is 2.48. The average molecular weight is 251 g/mol. The Bertz CT molecular complexity index is 580. The van der Waals surface area contributed by atoms with Gasteiger partial charge >= 0.3 is 0 Å². The van der Waals surface area contributed by atoms with Gasteiger partial charge in [0.05, 0.1) is 0 Å². The van der Waals surface area contributed by atoms with E-state index in [0.717, 1.165) is 6.54 Å². The van der Waals surface area contributed by atoms with E-state index in [-0.39, 0.29) is 0 Å². The first-order valence-corrected chi connectivity index (χ1v) is 7.18. The summed E-state index contributed by atoms with van der Waals surface area (Å²) in [6.07, 6.45) is 8.56. The molecule has 0 saturated carbocycles. The van der Waals surface area contributed by atoms with Crippen LogP contribution in [-0.4, -0.2) is 18.0 Å². The molecule has 1 atom stereocenters. The van der Waals surface area contributed by atoms with Crippen molar-refractivity contribution >= 4 is 10.8 Å². The van der Waals surface area contributed by atoms with Gasteiger partial charge in [0.25, 0.3) is 0 Å². The second-order valence-electron chi connectivity index (χ2n) is 5.48. The normalized spacial score (nSPS) is 19.2. The van der Waals surface area contributed by atoms with E-state index in [4.69, 9.17) is 0 Å². The van der Waals surface area contributed by atoms with Gasteiger partial charge < -0.3 is 0 Å². The fourth-order valence-corrected chi connectivity index (χ4v) is 2.98. The maximum atomic E-state index is 2.47. The molecule has 0 aromatic heterocycles. The molecule has 1 heteroatoms. The molecular formula is C18H21N. The Hall–Kier alpha value is -1.60. The lowest BCUT2D eigenvalue weighted by Gasteiger charge is -2.28. The third-order valence-corrected chi connectivity index (χ3v) is 4.09. The lowest BCUT2D eigenvalue weighted by atomic mass is 10.00. The number of allylic oxidation sites excluding steroid dienone is 1. The van der Waals surface area contributed by atoms with Gasteiger partial charge in [0.2, 0.25) is 0 Å². The first kappa shape index (κ1) is 12.4. The molecule has 2 aromatic carbocycles. The largest absolute Gasteiger partial charge is 0.296 e. The molecule has 3 rings (SSSR count). The minimum absolute atomic E-state index is 0.604. The molecule has 0 heterocycles. The van der Waals surface area contributed by atoms with Crippen LogP contribution in [0.5, 0.6) is 0 Å². The van der Waals surface area contributed by atoms with Gasteiger partial charge in [0.1, 0.15) is 0 Å². The van der Waals surface area contributed by atoms with Crippen LogP contribution in [0.3, 0.4) is 0 Å². The maximum Gasteiger partial charge on any atom is 0.0278 e. The van der Waals surface area contributed by atoms with Crippen LogP contribution in [0, 0.1) is 0 Å². The predicted molar refractivity (Wildman–Crippen MR) is 82.2 cm³/mol. The highest BCUT2D eigenvalue weighted by molar-refractivity contribution is 5.85. The highest BCUT2D eigenvalue weighted by Gasteiger charge is 2.14. The topological polar surface area (TPSA) is 3.24 Å². The van der Waals surface area contributed by atoms with Crippen LogP contribution in [0.25, 0.3) is 10.8 Å². The SMILES string of the molecule is CN(Cc1cccc2ccccc12)C1C=CCCC1. The second-order valence-corrected chi connectivity index (χ2v) is 5.48. The fraction of sp³-hybridized carbons (Fsp3) is 0.333. The molecule has 2 aromatic rings. The van der Waals surface area contributed by atoms with E-state index in [9.17, 15) is 0 Å². The van der Waals surface area contributed by atoms with E-state index in [1.165, 1.54) is 35.6 Å². The predicted octanol–water partition coefficient (Wildman–Crippen LogP) is 4.38. The molecular weight excluding hydrogens is 230 g/mol. The van der Waals surface area contributed by atoms with E-state index in [2.05, 4.69) is 66.6 Å². The highest BCUT2D eigenvalue weighted by Crippen LogP contribution is 2.22. The molecule has 0 aliphatic heterocycles. The summed E-state index contributed by atoms with van der Waals surface area (Å²) in [6.45, 7) is 1.02. The van der Waals surface area contributed by atoms with Crippen LogP contribution in [-0.2, 0) is 6.54 Å². The fourth-order valence-electron chi connectivity index (χ4n) is 2.98. The van der Waals surface area contributed by atoms with E-state index in [0.29, 0.717) is 6.04 Å². The number of hydrogen-bond acceptors (Lipinski definition) is 1. The van der Waals surface area contributed by atoms with E-state index >= 15 is 0 Å². The molecule has 0 radical (unpaired) electrons. The summed E-state index contributed by atoms with van der Waals surface area (Å²) in [5, 5.41) is 2.73. The lowest BCUT2D eigenvalue weighted by Crippen LogP contribution is -2.30. The number of hydrogen-bond donors (Lipinski definition) is 0. The Balaban J connectivity index is 1.84. The molecule has 0 spiro atoms. The van der Waals surface area contributed by atoms with Crippen molar-refractivity contribution in [3.63, 3.8) is 0 Å². The summed E-state index contributed by atoms with van der Waals surface area (Å²) in [5.41, 5.74) is 1.43. The minimum atomic E-state index is 0.604. The van der Waals surface area contributed by atoms with Gasteiger partial charge in [-0.2, -0.15) is 0 Å². The highest BCUT2D eigenvalue weighted by atomic mass is 15.1. The number of rotatable bonds is 3. The number of nitrogens with zero attached hydrogens (tertiary/aromatic N) is 1. The Morgan fingerprint density at radius 2 is 1.95 bits per heavy atom. The third-order valence-electron chi connectivity index (χ3n) is 4.09. The molecule has 0 N–H and O–H groups in total. The van der Waals surface area contributed by atoms with Crippen molar-refractivity contribution in [2.45, 2.75) is 31.8 Å². The smallest absolute Gasteiger partial charge is 0.0278 e. The van der Waals surface area contributed by atoms with Crippen LogP contribution in [0.4, 0.5) is 0 Å². The van der Waals surface area contributed by atoms with Crippen LogP contribution in [0.1, 0.15) is 24.8 Å². The standard InChI is InChI=1S/C18H21N/c1-19(17-11-3-2-4-12-17)14-16-10-7-9-15-8-5-6-13-18(15)16/h3,5-11,13,17H,2,4,12,14H2,1H3. The van der Waals surface area contributed by atoms with Crippen LogP contribution < -0.4 is 0 Å². The Morgan fingerprint density at radius 1 is 1.11 bits per heavy atom. The van der Waals surface area contributed by atoms with Crippen molar-refractivity contribution in [2.24, 2.45) is 0 Å². The molecule has 0 fully saturated rings.